The van der Waals surface area contributed by atoms with Gasteiger partial charge in [0.25, 0.3) is 0 Å². The minimum absolute atomic E-state index is 0.372. The van der Waals surface area contributed by atoms with Gasteiger partial charge in [0.05, 0.1) is 24.4 Å². The summed E-state index contributed by atoms with van der Waals surface area (Å²) in [5, 5.41) is 0.965. The highest BCUT2D eigenvalue weighted by molar-refractivity contribution is 9.10. The normalized spacial score (nSPS) is 10.5. The van der Waals surface area contributed by atoms with Gasteiger partial charge in [-0.15, -0.1) is 0 Å². The van der Waals surface area contributed by atoms with Crippen molar-refractivity contribution in [1.29, 1.82) is 0 Å². The van der Waals surface area contributed by atoms with Crippen molar-refractivity contribution in [2.24, 2.45) is 0 Å². The summed E-state index contributed by atoms with van der Waals surface area (Å²) >= 11 is 3.41. The Morgan fingerprint density at radius 2 is 1.95 bits per heavy atom. The standard InChI is InChI=1S/C16H11BrN2O3/c1-21-16(20)11-3-5-15(19-8-11)22-13-6-10-2-4-12(17)7-14(10)18-9-13/h2-9H,1H3. The highest BCUT2D eigenvalue weighted by Crippen LogP contribution is 2.24. The number of hydrogen-bond acceptors (Lipinski definition) is 5. The number of carbonyl (C=O) groups excluding carboxylic acids is 1. The molecule has 0 amide bonds. The van der Waals surface area contributed by atoms with Crippen molar-refractivity contribution in [2.75, 3.05) is 7.11 Å². The molecule has 0 saturated heterocycles. The Hall–Kier alpha value is -2.47. The summed E-state index contributed by atoms with van der Waals surface area (Å²) in [6.45, 7) is 0. The molecule has 5 nitrogen and oxygen atoms in total. The van der Waals surface area contributed by atoms with Crippen LogP contribution >= 0.6 is 15.9 Å². The van der Waals surface area contributed by atoms with Crippen molar-refractivity contribution in [1.82, 2.24) is 9.97 Å². The number of nitrogens with zero attached hydrogens (tertiary/aromatic N) is 2. The van der Waals surface area contributed by atoms with Crippen LogP contribution in [-0.4, -0.2) is 23.0 Å². The number of halogens is 1. The first-order valence-corrected chi connectivity index (χ1v) is 7.22. The molecular weight excluding hydrogens is 348 g/mol. The van der Waals surface area contributed by atoms with Crippen LogP contribution < -0.4 is 4.74 Å². The van der Waals surface area contributed by atoms with E-state index in [2.05, 4.69) is 30.6 Å². The summed E-state index contributed by atoms with van der Waals surface area (Å²) in [5.41, 5.74) is 1.24. The van der Waals surface area contributed by atoms with Crippen LogP contribution in [0.5, 0.6) is 11.6 Å². The van der Waals surface area contributed by atoms with Crippen LogP contribution in [0.4, 0.5) is 0 Å². The maximum Gasteiger partial charge on any atom is 0.339 e. The first-order chi connectivity index (χ1) is 10.7. The van der Waals surface area contributed by atoms with Crippen LogP contribution in [0.15, 0.2) is 53.3 Å². The second-order valence-corrected chi connectivity index (χ2v) is 5.40. The average Bonchev–Trinajstić information content (AvgIpc) is 2.55. The number of hydrogen-bond donors (Lipinski definition) is 0. The number of ether oxygens (including phenoxy) is 2. The lowest BCUT2D eigenvalue weighted by Crippen LogP contribution is -2.01. The van der Waals surface area contributed by atoms with E-state index < -0.39 is 5.97 Å². The zero-order valence-electron chi connectivity index (χ0n) is 11.6. The van der Waals surface area contributed by atoms with E-state index in [9.17, 15) is 4.79 Å². The number of carbonyl (C=O) groups is 1. The highest BCUT2D eigenvalue weighted by Gasteiger charge is 2.07. The van der Waals surface area contributed by atoms with Crippen molar-refractivity contribution in [2.45, 2.75) is 0 Å². The molecule has 0 N–H and O–H groups in total. The number of aromatic nitrogens is 2. The zero-order chi connectivity index (χ0) is 15.5. The van der Waals surface area contributed by atoms with E-state index in [1.54, 1.807) is 18.3 Å². The Balaban J connectivity index is 1.83. The first-order valence-electron chi connectivity index (χ1n) is 6.43. The van der Waals surface area contributed by atoms with Gasteiger partial charge in [-0.3, -0.25) is 4.98 Å². The van der Waals surface area contributed by atoms with Gasteiger partial charge < -0.3 is 9.47 Å². The third-order valence-electron chi connectivity index (χ3n) is 3.00. The van der Waals surface area contributed by atoms with Crippen LogP contribution in [0.3, 0.4) is 0 Å². The third kappa shape index (κ3) is 3.07. The molecule has 22 heavy (non-hydrogen) atoms. The van der Waals surface area contributed by atoms with E-state index in [1.807, 2.05) is 24.3 Å². The Bertz CT molecular complexity index is 834. The van der Waals surface area contributed by atoms with Crippen LogP contribution in [0.25, 0.3) is 10.9 Å². The molecular formula is C16H11BrN2O3. The van der Waals surface area contributed by atoms with Crippen LogP contribution in [-0.2, 0) is 4.74 Å². The van der Waals surface area contributed by atoms with E-state index in [4.69, 9.17) is 4.74 Å². The summed E-state index contributed by atoms with van der Waals surface area (Å²) in [4.78, 5) is 19.8. The number of benzene rings is 1. The SMILES string of the molecule is COC(=O)c1ccc(Oc2cnc3cc(Br)ccc3c2)nc1. The lowest BCUT2D eigenvalue weighted by molar-refractivity contribution is 0.0600. The molecule has 0 aliphatic carbocycles. The molecule has 0 unspecified atom stereocenters. The van der Waals surface area contributed by atoms with Crippen molar-refractivity contribution < 1.29 is 14.3 Å². The minimum Gasteiger partial charge on any atom is -0.465 e. The largest absolute Gasteiger partial charge is 0.465 e. The molecule has 0 radical (unpaired) electrons. The van der Waals surface area contributed by atoms with E-state index in [-0.39, 0.29) is 0 Å². The summed E-state index contributed by atoms with van der Waals surface area (Å²) in [5.74, 6) is 0.524. The lowest BCUT2D eigenvalue weighted by Gasteiger charge is -2.06. The van der Waals surface area contributed by atoms with E-state index in [0.29, 0.717) is 17.2 Å². The van der Waals surface area contributed by atoms with Crippen LogP contribution in [0.2, 0.25) is 0 Å². The molecule has 0 aliphatic rings. The second kappa shape index (κ2) is 6.11. The molecule has 2 heterocycles. The quantitative estimate of drug-likeness (QED) is 0.663. The Morgan fingerprint density at radius 1 is 1.09 bits per heavy atom. The number of rotatable bonds is 3. The Labute approximate surface area is 135 Å². The van der Waals surface area contributed by atoms with Gasteiger partial charge in [-0.1, -0.05) is 22.0 Å². The predicted molar refractivity (Wildman–Crippen MR) is 85.1 cm³/mol. The molecule has 2 aromatic heterocycles. The molecule has 1 aromatic carbocycles. The Kier molecular flexibility index (Phi) is 4.02. The number of methoxy groups -OCH3 is 1. The number of pyridine rings is 2. The lowest BCUT2D eigenvalue weighted by atomic mass is 10.2. The fourth-order valence-corrected chi connectivity index (χ4v) is 2.28. The molecule has 6 heteroatoms. The molecule has 3 rings (SSSR count). The summed E-state index contributed by atoms with van der Waals surface area (Å²) in [6, 6.07) is 10.9. The van der Waals surface area contributed by atoms with Gasteiger partial charge in [-0.2, -0.15) is 0 Å². The van der Waals surface area contributed by atoms with Gasteiger partial charge >= 0.3 is 5.97 Å². The fourth-order valence-electron chi connectivity index (χ4n) is 1.93. The summed E-state index contributed by atoms with van der Waals surface area (Å²) in [7, 11) is 1.33. The Morgan fingerprint density at radius 3 is 2.68 bits per heavy atom. The highest BCUT2D eigenvalue weighted by atomic mass is 79.9. The molecule has 0 aliphatic heterocycles. The van der Waals surface area contributed by atoms with Gasteiger partial charge in [0, 0.05) is 22.1 Å². The third-order valence-corrected chi connectivity index (χ3v) is 3.49. The minimum atomic E-state index is -0.433. The number of esters is 1. The molecule has 0 fully saturated rings. The van der Waals surface area contributed by atoms with E-state index >= 15 is 0 Å². The van der Waals surface area contributed by atoms with Crippen LogP contribution in [0.1, 0.15) is 10.4 Å². The zero-order valence-corrected chi connectivity index (χ0v) is 13.2. The molecule has 3 aromatic rings. The maximum atomic E-state index is 11.3. The van der Waals surface area contributed by atoms with Gasteiger partial charge in [0.15, 0.2) is 0 Å². The smallest absolute Gasteiger partial charge is 0.339 e. The van der Waals surface area contributed by atoms with Crippen molar-refractivity contribution in [3.05, 3.63) is 58.8 Å². The molecule has 0 saturated carbocycles. The van der Waals surface area contributed by atoms with Crippen molar-refractivity contribution >= 4 is 32.8 Å². The monoisotopic (exact) mass is 358 g/mol. The van der Waals surface area contributed by atoms with Gasteiger partial charge in [0.1, 0.15) is 5.75 Å². The molecule has 0 atom stereocenters. The predicted octanol–water partition coefficient (Wildman–Crippen LogP) is 3.97. The summed E-state index contributed by atoms with van der Waals surface area (Å²) < 4.78 is 11.2. The first kappa shape index (κ1) is 14.5. The van der Waals surface area contributed by atoms with Gasteiger partial charge in [-0.05, 0) is 24.3 Å². The molecule has 0 spiro atoms. The van der Waals surface area contributed by atoms with Crippen molar-refractivity contribution in [3.8, 4) is 11.6 Å². The van der Waals surface area contributed by atoms with Crippen LogP contribution in [0, 0.1) is 0 Å². The van der Waals surface area contributed by atoms with E-state index in [1.165, 1.54) is 13.3 Å². The maximum absolute atomic E-state index is 11.3. The average molecular weight is 359 g/mol. The van der Waals surface area contributed by atoms with Crippen molar-refractivity contribution in [3.63, 3.8) is 0 Å². The summed E-state index contributed by atoms with van der Waals surface area (Å²) in [6.07, 6.45) is 3.04. The van der Waals surface area contributed by atoms with Gasteiger partial charge in [-0.25, -0.2) is 9.78 Å². The second-order valence-electron chi connectivity index (χ2n) is 4.49. The topological polar surface area (TPSA) is 61.3 Å². The number of fused-ring (bicyclic) bond motifs is 1. The van der Waals surface area contributed by atoms with Gasteiger partial charge in [0.2, 0.25) is 5.88 Å². The fraction of sp³-hybridized carbons (Fsp3) is 0.0625. The molecule has 110 valence electrons. The molecule has 0 bridgehead atoms. The van der Waals surface area contributed by atoms with E-state index in [0.717, 1.165) is 15.4 Å².